The Kier molecular flexibility index (Phi) is 8.55. The summed E-state index contributed by atoms with van der Waals surface area (Å²) in [5.41, 5.74) is 0.293. The van der Waals surface area contributed by atoms with Crippen LogP contribution < -0.4 is 5.32 Å². The van der Waals surface area contributed by atoms with Crippen molar-refractivity contribution in [2.24, 2.45) is 5.92 Å². The Hall–Kier alpha value is 0.170. The minimum absolute atomic E-state index is 0. The third kappa shape index (κ3) is 6.43. The normalized spacial score (nSPS) is 25.4. The van der Waals surface area contributed by atoms with E-state index in [9.17, 15) is 0 Å². The summed E-state index contributed by atoms with van der Waals surface area (Å²) < 4.78 is 0. The van der Waals surface area contributed by atoms with Crippen molar-refractivity contribution >= 4 is 12.4 Å². The van der Waals surface area contributed by atoms with E-state index in [2.05, 4.69) is 36.0 Å². The summed E-state index contributed by atoms with van der Waals surface area (Å²) in [4.78, 5) is 5.30. The lowest BCUT2D eigenvalue weighted by Crippen LogP contribution is -2.52. The van der Waals surface area contributed by atoms with E-state index in [1.807, 2.05) is 0 Å². The van der Waals surface area contributed by atoms with Crippen LogP contribution in [0.2, 0.25) is 0 Å². The second kappa shape index (κ2) is 9.34. The molecule has 0 aliphatic carbocycles. The number of likely N-dealkylation sites (N-methyl/N-ethyl adjacent to an activating group) is 1. The molecule has 2 fully saturated rings. The fraction of sp³-hybridized carbons (Fsp3) is 1.00. The van der Waals surface area contributed by atoms with Gasteiger partial charge in [-0.1, -0.05) is 12.8 Å². The molecule has 2 aliphatic rings. The molecule has 1 unspecified atom stereocenters. The topological polar surface area (TPSA) is 18.5 Å². The summed E-state index contributed by atoms with van der Waals surface area (Å²) in [7, 11) is 2.33. The maximum Gasteiger partial charge on any atom is 0.0277 e. The molecule has 1 N–H and O–H groups in total. The van der Waals surface area contributed by atoms with E-state index in [0.717, 1.165) is 5.92 Å². The molecule has 0 aromatic carbocycles. The number of nitrogens with one attached hydrogen (secondary N) is 1. The molecule has 0 aromatic rings. The van der Waals surface area contributed by atoms with Crippen molar-refractivity contribution in [2.45, 2.75) is 57.9 Å². The standard InChI is InChI=1S/C17H35N3.ClH/c1-17(2,15-20-11-6-4-5-7-12-20)19(3)14-16-9-8-10-18-13-16;/h16,18H,4-15H2,1-3H3;1H. The van der Waals surface area contributed by atoms with E-state index >= 15 is 0 Å². The Morgan fingerprint density at radius 3 is 2.33 bits per heavy atom. The second-order valence-electron chi connectivity index (χ2n) is 7.60. The fourth-order valence-electron chi connectivity index (χ4n) is 3.68. The van der Waals surface area contributed by atoms with Crippen molar-refractivity contribution in [3.05, 3.63) is 0 Å². The lowest BCUT2D eigenvalue weighted by Gasteiger charge is -2.41. The van der Waals surface area contributed by atoms with Gasteiger partial charge in [0.2, 0.25) is 0 Å². The Balaban J connectivity index is 0.00000220. The van der Waals surface area contributed by atoms with Crippen LogP contribution in [0.15, 0.2) is 0 Å². The molecule has 3 nitrogen and oxygen atoms in total. The molecule has 2 heterocycles. The zero-order valence-corrected chi connectivity index (χ0v) is 15.2. The molecular weight excluding hydrogens is 282 g/mol. The van der Waals surface area contributed by atoms with Gasteiger partial charge >= 0.3 is 0 Å². The van der Waals surface area contributed by atoms with Crippen molar-refractivity contribution in [2.75, 3.05) is 46.3 Å². The molecular formula is C17H36ClN3. The van der Waals surface area contributed by atoms with Gasteiger partial charge in [0.15, 0.2) is 0 Å². The maximum absolute atomic E-state index is 3.54. The van der Waals surface area contributed by atoms with Gasteiger partial charge in [-0.25, -0.2) is 0 Å². The number of piperidine rings is 1. The molecule has 2 saturated heterocycles. The van der Waals surface area contributed by atoms with Gasteiger partial charge in [0, 0.05) is 18.6 Å². The molecule has 0 aromatic heterocycles. The zero-order chi connectivity index (χ0) is 14.4. The van der Waals surface area contributed by atoms with Crippen LogP contribution in [0.1, 0.15) is 52.4 Å². The van der Waals surface area contributed by atoms with Gasteiger partial charge in [0.1, 0.15) is 0 Å². The summed E-state index contributed by atoms with van der Waals surface area (Å²) >= 11 is 0. The molecule has 1 atom stereocenters. The molecule has 21 heavy (non-hydrogen) atoms. The van der Waals surface area contributed by atoms with Crippen LogP contribution in [-0.2, 0) is 0 Å². The minimum Gasteiger partial charge on any atom is -0.316 e. The number of likely N-dealkylation sites (tertiary alicyclic amines) is 1. The number of rotatable bonds is 5. The van der Waals surface area contributed by atoms with Gasteiger partial charge in [-0.15, -0.1) is 12.4 Å². The van der Waals surface area contributed by atoms with Crippen LogP contribution in [0.25, 0.3) is 0 Å². The van der Waals surface area contributed by atoms with Crippen molar-refractivity contribution in [1.29, 1.82) is 0 Å². The monoisotopic (exact) mass is 317 g/mol. The molecule has 4 heteroatoms. The molecule has 2 aliphatic heterocycles. The van der Waals surface area contributed by atoms with Crippen LogP contribution in [0.4, 0.5) is 0 Å². The summed E-state index contributed by atoms with van der Waals surface area (Å²) in [6.45, 7) is 12.4. The highest BCUT2D eigenvalue weighted by molar-refractivity contribution is 5.85. The molecule has 0 bridgehead atoms. The van der Waals surface area contributed by atoms with Crippen LogP contribution >= 0.6 is 12.4 Å². The largest absolute Gasteiger partial charge is 0.316 e. The lowest BCUT2D eigenvalue weighted by molar-refractivity contribution is 0.0798. The van der Waals surface area contributed by atoms with E-state index in [4.69, 9.17) is 0 Å². The maximum atomic E-state index is 3.54. The Bertz CT molecular complexity index is 269. The van der Waals surface area contributed by atoms with Crippen molar-refractivity contribution in [1.82, 2.24) is 15.1 Å². The number of halogens is 1. The van der Waals surface area contributed by atoms with E-state index < -0.39 is 0 Å². The predicted molar refractivity (Wildman–Crippen MR) is 94.5 cm³/mol. The summed E-state index contributed by atoms with van der Waals surface area (Å²) in [6.07, 6.45) is 8.40. The van der Waals surface area contributed by atoms with Gasteiger partial charge in [-0.2, -0.15) is 0 Å². The highest BCUT2D eigenvalue weighted by Gasteiger charge is 2.28. The third-order valence-corrected chi connectivity index (χ3v) is 5.27. The van der Waals surface area contributed by atoms with E-state index in [1.54, 1.807) is 0 Å². The second-order valence-corrected chi connectivity index (χ2v) is 7.60. The third-order valence-electron chi connectivity index (χ3n) is 5.27. The highest BCUT2D eigenvalue weighted by Crippen LogP contribution is 2.21. The predicted octanol–water partition coefficient (Wildman–Crippen LogP) is 2.99. The van der Waals surface area contributed by atoms with Gasteiger partial charge in [0.25, 0.3) is 0 Å². The van der Waals surface area contributed by atoms with Crippen molar-refractivity contribution in [3.63, 3.8) is 0 Å². The van der Waals surface area contributed by atoms with Crippen LogP contribution in [0.3, 0.4) is 0 Å². The quantitative estimate of drug-likeness (QED) is 0.841. The summed E-state index contributed by atoms with van der Waals surface area (Å²) in [5.74, 6) is 0.845. The number of nitrogens with zero attached hydrogens (tertiary/aromatic N) is 2. The fourth-order valence-corrected chi connectivity index (χ4v) is 3.68. The highest BCUT2D eigenvalue weighted by atomic mass is 35.5. The van der Waals surface area contributed by atoms with Gasteiger partial charge < -0.3 is 10.2 Å². The molecule has 0 radical (unpaired) electrons. The average molecular weight is 318 g/mol. The first kappa shape index (κ1) is 19.2. The van der Waals surface area contributed by atoms with E-state index in [1.165, 1.54) is 77.8 Å². The first-order chi connectivity index (χ1) is 9.58. The molecule has 0 amide bonds. The molecule has 0 saturated carbocycles. The SMILES string of the molecule is CN(CC1CCCNC1)C(C)(C)CN1CCCCCC1.Cl. The molecule has 2 rings (SSSR count). The van der Waals surface area contributed by atoms with Gasteiger partial charge in [-0.05, 0) is 78.7 Å². The average Bonchev–Trinajstić information content (AvgIpc) is 2.68. The molecule has 126 valence electrons. The van der Waals surface area contributed by atoms with Crippen molar-refractivity contribution in [3.8, 4) is 0 Å². The summed E-state index contributed by atoms with van der Waals surface area (Å²) in [6, 6.07) is 0. The Labute approximate surface area is 138 Å². The first-order valence-electron chi connectivity index (χ1n) is 8.72. The number of hydrogen-bond acceptors (Lipinski definition) is 3. The smallest absolute Gasteiger partial charge is 0.0277 e. The van der Waals surface area contributed by atoms with E-state index in [-0.39, 0.29) is 12.4 Å². The minimum atomic E-state index is 0. The Morgan fingerprint density at radius 2 is 1.76 bits per heavy atom. The van der Waals surface area contributed by atoms with Crippen LogP contribution in [0, 0.1) is 5.92 Å². The van der Waals surface area contributed by atoms with E-state index in [0.29, 0.717) is 5.54 Å². The van der Waals surface area contributed by atoms with Gasteiger partial charge in [-0.3, -0.25) is 4.90 Å². The lowest BCUT2D eigenvalue weighted by atomic mass is 9.95. The Morgan fingerprint density at radius 1 is 1.10 bits per heavy atom. The first-order valence-corrected chi connectivity index (χ1v) is 8.72. The van der Waals surface area contributed by atoms with Crippen molar-refractivity contribution < 1.29 is 0 Å². The zero-order valence-electron chi connectivity index (χ0n) is 14.4. The van der Waals surface area contributed by atoms with Crippen LogP contribution in [0.5, 0.6) is 0 Å². The molecule has 0 spiro atoms. The number of hydrogen-bond donors (Lipinski definition) is 1. The summed E-state index contributed by atoms with van der Waals surface area (Å²) in [5, 5.41) is 3.54. The van der Waals surface area contributed by atoms with Crippen LogP contribution in [-0.4, -0.2) is 61.7 Å². The van der Waals surface area contributed by atoms with Gasteiger partial charge in [0.05, 0.1) is 0 Å².